The minimum absolute atomic E-state index is 0.0261. The summed E-state index contributed by atoms with van der Waals surface area (Å²) < 4.78 is 0. The van der Waals surface area contributed by atoms with E-state index >= 15 is 0 Å². The number of nitriles is 2. The Bertz CT molecular complexity index is 493. The van der Waals surface area contributed by atoms with E-state index in [-0.39, 0.29) is 11.8 Å². The zero-order valence-corrected chi connectivity index (χ0v) is 10.6. The fourth-order valence-corrected chi connectivity index (χ4v) is 1.56. The highest BCUT2D eigenvalue weighted by atomic mass is 16.2. The van der Waals surface area contributed by atoms with Crippen molar-refractivity contribution in [3.05, 3.63) is 35.4 Å². The molecule has 1 rings (SSSR count). The lowest BCUT2D eigenvalue weighted by Gasteiger charge is -2.18. The molecule has 0 aliphatic heterocycles. The van der Waals surface area contributed by atoms with Crippen molar-refractivity contribution in [1.29, 1.82) is 10.5 Å². The van der Waals surface area contributed by atoms with Crippen molar-refractivity contribution in [2.45, 2.75) is 13.3 Å². The molecule has 4 heteroatoms. The number of likely N-dealkylation sites (N-methyl/N-ethyl adjacent to an activating group) is 1. The van der Waals surface area contributed by atoms with Crippen LogP contribution in [0, 0.1) is 28.6 Å². The topological polar surface area (TPSA) is 67.9 Å². The molecule has 0 saturated heterocycles. The maximum Gasteiger partial charge on any atom is 0.226 e. The summed E-state index contributed by atoms with van der Waals surface area (Å²) in [5.41, 5.74) is 1.45. The van der Waals surface area contributed by atoms with E-state index in [0.717, 1.165) is 5.56 Å². The van der Waals surface area contributed by atoms with E-state index in [1.165, 1.54) is 0 Å². The Labute approximate surface area is 107 Å². The van der Waals surface area contributed by atoms with Gasteiger partial charge >= 0.3 is 0 Å². The molecule has 0 aliphatic rings. The van der Waals surface area contributed by atoms with Crippen LogP contribution in [0.15, 0.2) is 24.3 Å². The third-order valence-electron chi connectivity index (χ3n) is 2.63. The van der Waals surface area contributed by atoms with Crippen LogP contribution in [-0.4, -0.2) is 24.4 Å². The summed E-state index contributed by atoms with van der Waals surface area (Å²) in [5.74, 6) is -0.193. The van der Waals surface area contributed by atoms with Crippen LogP contribution in [0.2, 0.25) is 0 Å². The fourth-order valence-electron chi connectivity index (χ4n) is 1.56. The van der Waals surface area contributed by atoms with Crippen LogP contribution in [0.3, 0.4) is 0 Å². The van der Waals surface area contributed by atoms with E-state index in [1.54, 1.807) is 43.1 Å². The molecule has 0 fully saturated rings. The maximum atomic E-state index is 11.9. The van der Waals surface area contributed by atoms with Crippen molar-refractivity contribution in [2.75, 3.05) is 13.6 Å². The number of amides is 1. The largest absolute Gasteiger partial charge is 0.344 e. The average molecular weight is 241 g/mol. The van der Waals surface area contributed by atoms with Crippen LogP contribution in [-0.2, 0) is 11.2 Å². The molecule has 0 bridgehead atoms. The summed E-state index contributed by atoms with van der Waals surface area (Å²) in [7, 11) is 1.69. The van der Waals surface area contributed by atoms with Crippen molar-refractivity contribution < 1.29 is 4.79 Å². The Morgan fingerprint density at radius 2 is 1.94 bits per heavy atom. The third-order valence-corrected chi connectivity index (χ3v) is 2.63. The van der Waals surface area contributed by atoms with Crippen LogP contribution in [0.25, 0.3) is 0 Å². The quantitative estimate of drug-likeness (QED) is 0.806. The lowest BCUT2D eigenvalue weighted by Crippen LogP contribution is -2.31. The van der Waals surface area contributed by atoms with Gasteiger partial charge in [0.1, 0.15) is 0 Å². The number of carbonyl (C=O) groups is 1. The molecule has 0 saturated carbocycles. The van der Waals surface area contributed by atoms with Gasteiger partial charge < -0.3 is 4.90 Å². The van der Waals surface area contributed by atoms with E-state index in [0.29, 0.717) is 18.5 Å². The van der Waals surface area contributed by atoms with Crippen molar-refractivity contribution in [3.63, 3.8) is 0 Å². The Hall–Kier alpha value is -2.33. The van der Waals surface area contributed by atoms with Crippen LogP contribution in [0.4, 0.5) is 0 Å². The van der Waals surface area contributed by atoms with Crippen molar-refractivity contribution >= 4 is 5.91 Å². The SMILES string of the molecule is CC(C#N)CN(C)C(=O)Cc1ccc(C#N)cc1. The molecule has 1 atom stereocenters. The number of benzene rings is 1. The Balaban J connectivity index is 2.59. The molecule has 0 radical (unpaired) electrons. The Kier molecular flexibility index (Phi) is 4.90. The molecule has 1 aromatic carbocycles. The van der Waals surface area contributed by atoms with Gasteiger partial charge in [0, 0.05) is 13.6 Å². The molecule has 1 aromatic rings. The molecule has 0 N–H and O–H groups in total. The molecule has 0 aromatic heterocycles. The zero-order chi connectivity index (χ0) is 13.5. The monoisotopic (exact) mass is 241 g/mol. The predicted molar refractivity (Wildman–Crippen MR) is 67.3 cm³/mol. The maximum absolute atomic E-state index is 11.9. The smallest absolute Gasteiger partial charge is 0.226 e. The third kappa shape index (κ3) is 3.92. The number of carbonyl (C=O) groups excluding carboxylic acids is 1. The van der Waals surface area contributed by atoms with Gasteiger partial charge in [-0.3, -0.25) is 4.79 Å². The first-order chi connectivity index (χ1) is 8.56. The minimum atomic E-state index is -0.167. The molecule has 92 valence electrons. The minimum Gasteiger partial charge on any atom is -0.344 e. The lowest BCUT2D eigenvalue weighted by atomic mass is 10.1. The van der Waals surface area contributed by atoms with Crippen molar-refractivity contribution in [3.8, 4) is 12.1 Å². The molecular weight excluding hydrogens is 226 g/mol. The molecule has 4 nitrogen and oxygen atoms in total. The van der Waals surface area contributed by atoms with Gasteiger partial charge in [-0.05, 0) is 24.6 Å². The van der Waals surface area contributed by atoms with Crippen LogP contribution >= 0.6 is 0 Å². The first-order valence-electron chi connectivity index (χ1n) is 5.69. The van der Waals surface area contributed by atoms with Gasteiger partial charge in [0.2, 0.25) is 5.91 Å². The first-order valence-corrected chi connectivity index (χ1v) is 5.69. The normalized spacial score (nSPS) is 11.1. The van der Waals surface area contributed by atoms with Crippen LogP contribution in [0.1, 0.15) is 18.1 Å². The van der Waals surface area contributed by atoms with Gasteiger partial charge in [-0.15, -0.1) is 0 Å². The van der Waals surface area contributed by atoms with Crippen LogP contribution < -0.4 is 0 Å². The Morgan fingerprint density at radius 1 is 1.33 bits per heavy atom. The summed E-state index contributed by atoms with van der Waals surface area (Å²) in [6, 6.07) is 11.1. The predicted octanol–water partition coefficient (Wildman–Crippen LogP) is 1.72. The van der Waals surface area contributed by atoms with Gasteiger partial charge in [0.15, 0.2) is 0 Å². The zero-order valence-electron chi connectivity index (χ0n) is 10.6. The number of rotatable bonds is 4. The van der Waals surface area contributed by atoms with Crippen molar-refractivity contribution in [2.24, 2.45) is 5.92 Å². The van der Waals surface area contributed by atoms with E-state index in [2.05, 4.69) is 6.07 Å². The van der Waals surface area contributed by atoms with Crippen LogP contribution in [0.5, 0.6) is 0 Å². The number of hydrogen-bond donors (Lipinski definition) is 0. The molecule has 1 unspecified atom stereocenters. The van der Waals surface area contributed by atoms with E-state index < -0.39 is 0 Å². The van der Waals surface area contributed by atoms with Gasteiger partial charge in [0.25, 0.3) is 0 Å². The number of hydrogen-bond acceptors (Lipinski definition) is 3. The molecule has 1 amide bonds. The average Bonchev–Trinajstić information content (AvgIpc) is 2.39. The molecular formula is C14H15N3O. The van der Waals surface area contributed by atoms with Gasteiger partial charge in [-0.1, -0.05) is 12.1 Å². The van der Waals surface area contributed by atoms with E-state index in [1.807, 2.05) is 6.07 Å². The van der Waals surface area contributed by atoms with Gasteiger partial charge in [-0.2, -0.15) is 10.5 Å². The highest BCUT2D eigenvalue weighted by Gasteiger charge is 2.12. The Morgan fingerprint density at radius 3 is 2.44 bits per heavy atom. The van der Waals surface area contributed by atoms with Gasteiger partial charge in [-0.25, -0.2) is 0 Å². The first kappa shape index (κ1) is 13.7. The highest BCUT2D eigenvalue weighted by Crippen LogP contribution is 2.06. The van der Waals surface area contributed by atoms with Gasteiger partial charge in [0.05, 0.1) is 30.0 Å². The summed E-state index contributed by atoms with van der Waals surface area (Å²) in [5, 5.41) is 17.4. The molecule has 0 heterocycles. The summed E-state index contributed by atoms with van der Waals surface area (Å²) in [6.45, 7) is 2.22. The molecule has 0 aliphatic carbocycles. The summed E-state index contributed by atoms with van der Waals surface area (Å²) in [6.07, 6.45) is 0.292. The highest BCUT2D eigenvalue weighted by molar-refractivity contribution is 5.78. The summed E-state index contributed by atoms with van der Waals surface area (Å²) >= 11 is 0. The summed E-state index contributed by atoms with van der Waals surface area (Å²) in [4.78, 5) is 13.4. The second-order valence-electron chi connectivity index (χ2n) is 4.29. The molecule has 18 heavy (non-hydrogen) atoms. The lowest BCUT2D eigenvalue weighted by molar-refractivity contribution is -0.129. The standard InChI is InChI=1S/C14H15N3O/c1-11(8-15)10-17(2)14(18)7-12-3-5-13(9-16)6-4-12/h3-6,11H,7,10H2,1-2H3. The second-order valence-corrected chi connectivity index (χ2v) is 4.29. The number of nitrogens with zero attached hydrogens (tertiary/aromatic N) is 3. The van der Waals surface area contributed by atoms with Crippen molar-refractivity contribution in [1.82, 2.24) is 4.90 Å². The molecule has 0 spiro atoms. The second kappa shape index (κ2) is 6.42. The van der Waals surface area contributed by atoms with E-state index in [9.17, 15) is 4.79 Å². The fraction of sp³-hybridized carbons (Fsp3) is 0.357. The van der Waals surface area contributed by atoms with E-state index in [4.69, 9.17) is 10.5 Å².